The predicted octanol–water partition coefficient (Wildman–Crippen LogP) is 0.766. The van der Waals surface area contributed by atoms with Gasteiger partial charge in [0, 0.05) is 12.5 Å². The highest BCUT2D eigenvalue weighted by Crippen LogP contribution is 2.25. The van der Waals surface area contributed by atoms with Gasteiger partial charge in [-0.2, -0.15) is 0 Å². The van der Waals surface area contributed by atoms with Crippen molar-refractivity contribution in [1.29, 1.82) is 0 Å². The van der Waals surface area contributed by atoms with E-state index in [-0.39, 0.29) is 17.9 Å². The third-order valence-electron chi connectivity index (χ3n) is 2.47. The van der Waals surface area contributed by atoms with Crippen LogP contribution >= 0.6 is 0 Å². The lowest BCUT2D eigenvalue weighted by atomic mass is 10.1. The van der Waals surface area contributed by atoms with Gasteiger partial charge in [-0.05, 0) is 19.3 Å². The second-order valence-electron chi connectivity index (χ2n) is 3.47. The Morgan fingerprint density at radius 2 is 2.15 bits per heavy atom. The molecule has 0 radical (unpaired) electrons. The van der Waals surface area contributed by atoms with E-state index in [9.17, 15) is 9.59 Å². The summed E-state index contributed by atoms with van der Waals surface area (Å²) in [6, 6.07) is 0.0774. The molecule has 0 saturated heterocycles. The molecule has 2 N–H and O–H groups in total. The fourth-order valence-corrected chi connectivity index (χ4v) is 1.67. The van der Waals surface area contributed by atoms with Gasteiger partial charge in [-0.25, -0.2) is 0 Å². The summed E-state index contributed by atoms with van der Waals surface area (Å²) >= 11 is 0. The van der Waals surface area contributed by atoms with Crippen LogP contribution in [0.3, 0.4) is 0 Å². The Hall–Kier alpha value is -1.06. The van der Waals surface area contributed by atoms with Crippen LogP contribution in [0.1, 0.15) is 32.6 Å². The fraction of sp³-hybridized carbons (Fsp3) is 0.778. The van der Waals surface area contributed by atoms with Crippen molar-refractivity contribution in [1.82, 2.24) is 5.32 Å². The highest BCUT2D eigenvalue weighted by molar-refractivity contribution is 5.76. The van der Waals surface area contributed by atoms with Crippen molar-refractivity contribution in [2.24, 2.45) is 5.92 Å². The lowest BCUT2D eigenvalue weighted by Gasteiger charge is -2.10. The molecule has 0 aromatic rings. The van der Waals surface area contributed by atoms with Gasteiger partial charge in [0.05, 0.1) is 5.92 Å². The molecule has 2 atom stereocenters. The third-order valence-corrected chi connectivity index (χ3v) is 2.47. The molecule has 1 aliphatic rings. The largest absolute Gasteiger partial charge is 0.481 e. The first-order valence-corrected chi connectivity index (χ1v) is 4.65. The lowest BCUT2D eigenvalue weighted by molar-refractivity contribution is -0.141. The maximum atomic E-state index is 11.0. The quantitative estimate of drug-likeness (QED) is 0.682. The van der Waals surface area contributed by atoms with E-state index in [1.54, 1.807) is 6.92 Å². The highest BCUT2D eigenvalue weighted by atomic mass is 16.4. The minimum absolute atomic E-state index is 0.0102. The number of hydrogen-bond donors (Lipinski definition) is 2. The van der Waals surface area contributed by atoms with Crippen LogP contribution in [0.2, 0.25) is 0 Å². The van der Waals surface area contributed by atoms with Gasteiger partial charge >= 0.3 is 5.97 Å². The summed E-state index contributed by atoms with van der Waals surface area (Å²) < 4.78 is 0. The fourth-order valence-electron chi connectivity index (χ4n) is 1.67. The zero-order valence-corrected chi connectivity index (χ0v) is 7.75. The number of nitrogens with one attached hydrogen (secondary N) is 1. The van der Waals surface area contributed by atoms with E-state index in [1.165, 1.54) is 0 Å². The third kappa shape index (κ3) is 2.72. The van der Waals surface area contributed by atoms with E-state index in [0.29, 0.717) is 19.3 Å². The highest BCUT2D eigenvalue weighted by Gasteiger charge is 2.29. The van der Waals surface area contributed by atoms with E-state index in [4.69, 9.17) is 5.11 Å². The number of rotatable bonds is 3. The summed E-state index contributed by atoms with van der Waals surface area (Å²) in [4.78, 5) is 21.6. The average Bonchev–Trinajstić information content (AvgIpc) is 2.52. The molecule has 1 saturated carbocycles. The number of aliphatic carboxylic acids is 1. The van der Waals surface area contributed by atoms with Crippen LogP contribution in [0.5, 0.6) is 0 Å². The minimum Gasteiger partial charge on any atom is -0.481 e. The van der Waals surface area contributed by atoms with Gasteiger partial charge in [0.25, 0.3) is 0 Å². The number of carboxylic acids is 1. The van der Waals surface area contributed by atoms with Crippen LogP contribution in [0, 0.1) is 5.92 Å². The smallest absolute Gasteiger partial charge is 0.306 e. The molecule has 1 aliphatic carbocycles. The van der Waals surface area contributed by atoms with Crippen molar-refractivity contribution < 1.29 is 14.7 Å². The normalized spacial score (nSPS) is 27.2. The molecule has 74 valence electrons. The molecule has 1 fully saturated rings. The molecule has 0 aromatic carbocycles. The Balaban J connectivity index is 2.33. The van der Waals surface area contributed by atoms with Gasteiger partial charge in [-0.3, -0.25) is 9.59 Å². The maximum absolute atomic E-state index is 11.0. The molecule has 0 unspecified atom stereocenters. The van der Waals surface area contributed by atoms with Gasteiger partial charge in [0.1, 0.15) is 0 Å². The number of carbonyl (C=O) groups excluding carboxylic acids is 1. The molecule has 13 heavy (non-hydrogen) atoms. The number of carboxylic acid groups (broad SMARTS) is 1. The molecular weight excluding hydrogens is 170 g/mol. The standard InChI is InChI=1S/C9H15NO3/c1-2-8(11)10-7-4-3-6(5-7)9(12)13/h6-7H,2-5H2,1H3,(H,10,11)(H,12,13)/t6-,7+/m0/s1. The topological polar surface area (TPSA) is 66.4 Å². The summed E-state index contributed by atoms with van der Waals surface area (Å²) in [6.45, 7) is 1.79. The van der Waals surface area contributed by atoms with Gasteiger partial charge in [-0.1, -0.05) is 6.92 Å². The van der Waals surface area contributed by atoms with E-state index in [0.717, 1.165) is 6.42 Å². The van der Waals surface area contributed by atoms with Crippen molar-refractivity contribution in [2.75, 3.05) is 0 Å². The van der Waals surface area contributed by atoms with Crippen LogP contribution in [-0.2, 0) is 9.59 Å². The number of carbonyl (C=O) groups is 2. The molecule has 1 amide bonds. The first-order valence-electron chi connectivity index (χ1n) is 4.65. The van der Waals surface area contributed by atoms with Crippen molar-refractivity contribution >= 4 is 11.9 Å². The summed E-state index contributed by atoms with van der Waals surface area (Å²) in [6.07, 6.45) is 2.53. The molecule has 0 spiro atoms. The monoisotopic (exact) mass is 185 g/mol. The average molecular weight is 185 g/mol. The molecule has 0 bridgehead atoms. The number of hydrogen-bond acceptors (Lipinski definition) is 2. The molecule has 0 aliphatic heterocycles. The van der Waals surface area contributed by atoms with Gasteiger partial charge in [0.15, 0.2) is 0 Å². The minimum atomic E-state index is -0.742. The van der Waals surface area contributed by atoms with E-state index in [1.807, 2.05) is 0 Å². The summed E-state index contributed by atoms with van der Waals surface area (Å²) in [7, 11) is 0. The van der Waals surface area contributed by atoms with Crippen molar-refractivity contribution in [3.63, 3.8) is 0 Å². The summed E-state index contributed by atoms with van der Waals surface area (Å²) in [5.41, 5.74) is 0. The first-order chi connectivity index (χ1) is 6.13. The molecular formula is C9H15NO3. The molecule has 0 heterocycles. The molecule has 0 aromatic heterocycles. The van der Waals surface area contributed by atoms with Crippen molar-refractivity contribution in [3.05, 3.63) is 0 Å². The van der Waals surface area contributed by atoms with Crippen LogP contribution < -0.4 is 5.32 Å². The Bertz CT molecular complexity index is 215. The van der Waals surface area contributed by atoms with Crippen LogP contribution in [0.4, 0.5) is 0 Å². The van der Waals surface area contributed by atoms with E-state index >= 15 is 0 Å². The first kappa shape index (κ1) is 10.0. The predicted molar refractivity (Wildman–Crippen MR) is 47.2 cm³/mol. The Labute approximate surface area is 77.3 Å². The molecule has 4 heteroatoms. The van der Waals surface area contributed by atoms with Crippen LogP contribution in [0.25, 0.3) is 0 Å². The van der Waals surface area contributed by atoms with Gasteiger partial charge < -0.3 is 10.4 Å². The Kier molecular flexibility index (Phi) is 3.28. The Morgan fingerprint density at radius 3 is 2.62 bits per heavy atom. The molecule has 1 rings (SSSR count). The Morgan fingerprint density at radius 1 is 1.46 bits per heavy atom. The zero-order valence-electron chi connectivity index (χ0n) is 7.75. The summed E-state index contributed by atoms with van der Waals surface area (Å²) in [5, 5.41) is 11.5. The van der Waals surface area contributed by atoms with E-state index in [2.05, 4.69) is 5.32 Å². The van der Waals surface area contributed by atoms with Crippen LogP contribution in [0.15, 0.2) is 0 Å². The second-order valence-corrected chi connectivity index (χ2v) is 3.47. The van der Waals surface area contributed by atoms with E-state index < -0.39 is 5.97 Å². The zero-order chi connectivity index (χ0) is 9.84. The van der Waals surface area contributed by atoms with Gasteiger partial charge in [-0.15, -0.1) is 0 Å². The van der Waals surface area contributed by atoms with Crippen molar-refractivity contribution in [3.8, 4) is 0 Å². The van der Waals surface area contributed by atoms with Gasteiger partial charge in [0.2, 0.25) is 5.91 Å². The molecule has 4 nitrogen and oxygen atoms in total. The lowest BCUT2D eigenvalue weighted by Crippen LogP contribution is -2.32. The number of amides is 1. The SMILES string of the molecule is CCC(=O)N[C@@H]1CC[C@H](C(=O)O)C1. The van der Waals surface area contributed by atoms with Crippen LogP contribution in [-0.4, -0.2) is 23.0 Å². The second kappa shape index (κ2) is 4.25. The van der Waals surface area contributed by atoms with Crippen molar-refractivity contribution in [2.45, 2.75) is 38.6 Å². The maximum Gasteiger partial charge on any atom is 0.306 e. The summed E-state index contributed by atoms with van der Waals surface area (Å²) in [5.74, 6) is -0.994.